The lowest BCUT2D eigenvalue weighted by molar-refractivity contribution is -0.137. The average Bonchev–Trinajstić information content (AvgIpc) is 3.35. The van der Waals surface area contributed by atoms with Gasteiger partial charge < -0.3 is 9.88 Å². The van der Waals surface area contributed by atoms with Gasteiger partial charge in [-0.25, -0.2) is 9.97 Å². The van der Waals surface area contributed by atoms with Crippen molar-refractivity contribution in [3.05, 3.63) is 30.5 Å². The molecule has 6 heteroatoms. The average molecular weight is 339 g/mol. The summed E-state index contributed by atoms with van der Waals surface area (Å²) in [6.07, 6.45) is 14.8. The van der Waals surface area contributed by atoms with Gasteiger partial charge in [-0.15, -0.1) is 0 Å². The van der Waals surface area contributed by atoms with E-state index < -0.39 is 0 Å². The number of nitrogens with one attached hydrogen (secondary N) is 1. The van der Waals surface area contributed by atoms with Gasteiger partial charge in [0.2, 0.25) is 5.91 Å². The van der Waals surface area contributed by atoms with Crippen molar-refractivity contribution in [2.24, 2.45) is 11.8 Å². The summed E-state index contributed by atoms with van der Waals surface area (Å²) >= 11 is 0. The summed E-state index contributed by atoms with van der Waals surface area (Å²) in [5.41, 5.74) is 1.76. The molecule has 132 valence electrons. The first-order valence-electron chi connectivity index (χ1n) is 9.39. The van der Waals surface area contributed by atoms with Crippen LogP contribution >= 0.6 is 0 Å². The number of carbonyl (C=O) groups excluding carboxylic acids is 1. The van der Waals surface area contributed by atoms with E-state index in [0.717, 1.165) is 62.4 Å². The maximum absolute atomic E-state index is 12.7. The van der Waals surface area contributed by atoms with Gasteiger partial charge in [-0.2, -0.15) is 0 Å². The van der Waals surface area contributed by atoms with E-state index in [4.69, 9.17) is 4.98 Å². The molecule has 0 unspecified atom stereocenters. The molecule has 1 saturated heterocycles. The van der Waals surface area contributed by atoms with Crippen LogP contribution in [-0.2, 0) is 11.2 Å². The minimum Gasteiger partial charge on any atom is -0.343 e. The number of amides is 1. The molecule has 6 nitrogen and oxygen atoms in total. The molecule has 2 aliphatic rings. The fraction of sp³-hybridized carbons (Fsp3) is 0.579. The minimum absolute atomic E-state index is 0.279. The standard InChI is InChI=1S/C19H25N5O/c25-19(15-5-1-2-6-15)24-9-3-4-14(13-24)10-16-11-20-12-17(23-16)18-21-7-8-22-18/h7-8,11-12,14-15H,1-6,9-10,13H2,(H,21,22)/t14-/m1/s1. The molecule has 1 N–H and O–H groups in total. The van der Waals surface area contributed by atoms with Crippen molar-refractivity contribution in [1.82, 2.24) is 24.8 Å². The van der Waals surface area contributed by atoms with Crippen molar-refractivity contribution in [3.8, 4) is 11.5 Å². The number of rotatable bonds is 4. The summed E-state index contributed by atoms with van der Waals surface area (Å²) in [6.45, 7) is 1.78. The van der Waals surface area contributed by atoms with Gasteiger partial charge >= 0.3 is 0 Å². The first kappa shape index (κ1) is 16.2. The lowest BCUT2D eigenvalue weighted by Gasteiger charge is -2.34. The molecule has 1 saturated carbocycles. The number of carbonyl (C=O) groups is 1. The van der Waals surface area contributed by atoms with Gasteiger partial charge in [-0.05, 0) is 38.0 Å². The number of imidazole rings is 1. The normalized spacial score (nSPS) is 21.6. The number of piperidine rings is 1. The van der Waals surface area contributed by atoms with Crippen LogP contribution < -0.4 is 0 Å². The summed E-state index contributed by atoms with van der Waals surface area (Å²) < 4.78 is 0. The van der Waals surface area contributed by atoms with Crippen LogP contribution in [0.5, 0.6) is 0 Å². The van der Waals surface area contributed by atoms with Gasteiger partial charge in [-0.1, -0.05) is 12.8 Å². The van der Waals surface area contributed by atoms with E-state index in [1.807, 2.05) is 6.20 Å². The molecule has 1 aliphatic carbocycles. The van der Waals surface area contributed by atoms with Gasteiger partial charge in [-0.3, -0.25) is 9.78 Å². The molecule has 4 rings (SSSR count). The van der Waals surface area contributed by atoms with E-state index in [1.54, 1.807) is 18.6 Å². The van der Waals surface area contributed by atoms with E-state index >= 15 is 0 Å². The second kappa shape index (κ2) is 7.33. The maximum atomic E-state index is 12.7. The lowest BCUT2D eigenvalue weighted by Crippen LogP contribution is -2.43. The first-order chi connectivity index (χ1) is 12.3. The summed E-state index contributed by atoms with van der Waals surface area (Å²) in [6, 6.07) is 0. The molecule has 2 aromatic heterocycles. The lowest BCUT2D eigenvalue weighted by atomic mass is 9.92. The zero-order valence-electron chi connectivity index (χ0n) is 14.5. The van der Waals surface area contributed by atoms with Crippen LogP contribution in [0.2, 0.25) is 0 Å². The van der Waals surface area contributed by atoms with Crippen LogP contribution in [-0.4, -0.2) is 43.8 Å². The van der Waals surface area contributed by atoms with Crippen LogP contribution in [0.15, 0.2) is 24.8 Å². The number of aromatic amines is 1. The molecule has 2 fully saturated rings. The first-order valence-corrected chi connectivity index (χ1v) is 9.39. The fourth-order valence-corrected chi connectivity index (χ4v) is 4.18. The van der Waals surface area contributed by atoms with Crippen molar-refractivity contribution in [1.29, 1.82) is 0 Å². The third-order valence-corrected chi connectivity index (χ3v) is 5.46. The Bertz CT molecular complexity index is 708. The predicted octanol–water partition coefficient (Wildman–Crippen LogP) is 2.84. The third-order valence-electron chi connectivity index (χ3n) is 5.46. The zero-order chi connectivity index (χ0) is 17.1. The zero-order valence-corrected chi connectivity index (χ0v) is 14.5. The fourth-order valence-electron chi connectivity index (χ4n) is 4.18. The maximum Gasteiger partial charge on any atom is 0.225 e. The van der Waals surface area contributed by atoms with Gasteiger partial charge in [0.1, 0.15) is 5.69 Å². The molecule has 25 heavy (non-hydrogen) atoms. The highest BCUT2D eigenvalue weighted by Crippen LogP contribution is 2.29. The highest BCUT2D eigenvalue weighted by Gasteiger charge is 2.30. The van der Waals surface area contributed by atoms with Crippen LogP contribution in [0.3, 0.4) is 0 Å². The van der Waals surface area contributed by atoms with Gasteiger partial charge in [0.15, 0.2) is 5.82 Å². The van der Waals surface area contributed by atoms with Crippen molar-refractivity contribution in [2.45, 2.75) is 44.9 Å². The Morgan fingerprint density at radius 1 is 1.20 bits per heavy atom. The van der Waals surface area contributed by atoms with Gasteiger partial charge in [0.05, 0.1) is 11.9 Å². The van der Waals surface area contributed by atoms with Crippen molar-refractivity contribution in [2.75, 3.05) is 13.1 Å². The Morgan fingerprint density at radius 3 is 2.88 bits per heavy atom. The van der Waals surface area contributed by atoms with Crippen LogP contribution in [0.25, 0.3) is 11.5 Å². The molecular weight excluding hydrogens is 314 g/mol. The second-order valence-electron chi connectivity index (χ2n) is 7.31. The van der Waals surface area contributed by atoms with E-state index in [9.17, 15) is 4.79 Å². The third kappa shape index (κ3) is 3.72. The number of hydrogen-bond acceptors (Lipinski definition) is 4. The summed E-state index contributed by atoms with van der Waals surface area (Å²) in [7, 11) is 0. The Kier molecular flexibility index (Phi) is 4.76. The number of hydrogen-bond donors (Lipinski definition) is 1. The van der Waals surface area contributed by atoms with Crippen molar-refractivity contribution in [3.63, 3.8) is 0 Å². The van der Waals surface area contributed by atoms with Crippen LogP contribution in [0.1, 0.15) is 44.2 Å². The van der Waals surface area contributed by atoms with Crippen LogP contribution in [0, 0.1) is 11.8 Å². The molecular formula is C19H25N5O. The molecule has 1 amide bonds. The van der Waals surface area contributed by atoms with Gasteiger partial charge in [0.25, 0.3) is 0 Å². The molecule has 1 aliphatic heterocycles. The smallest absolute Gasteiger partial charge is 0.225 e. The molecule has 1 atom stereocenters. The van der Waals surface area contributed by atoms with E-state index in [1.165, 1.54) is 12.8 Å². The number of likely N-dealkylation sites (tertiary alicyclic amines) is 1. The quantitative estimate of drug-likeness (QED) is 0.929. The molecule has 0 spiro atoms. The number of H-pyrrole nitrogens is 1. The monoisotopic (exact) mass is 339 g/mol. The molecule has 3 heterocycles. The molecule has 2 aromatic rings. The molecule has 0 radical (unpaired) electrons. The predicted molar refractivity (Wildman–Crippen MR) is 94.6 cm³/mol. The Hall–Kier alpha value is -2.24. The van der Waals surface area contributed by atoms with Crippen molar-refractivity contribution >= 4 is 5.91 Å². The van der Waals surface area contributed by atoms with E-state index in [0.29, 0.717) is 11.8 Å². The summed E-state index contributed by atoms with van der Waals surface area (Å²) in [5.74, 6) is 1.88. The van der Waals surface area contributed by atoms with E-state index in [-0.39, 0.29) is 5.92 Å². The minimum atomic E-state index is 0.279. The SMILES string of the molecule is O=C(C1CCCC1)N1CCC[C@H](Cc2cncc(-c3ncc[nH]3)n2)C1. The Morgan fingerprint density at radius 2 is 2.08 bits per heavy atom. The molecule has 0 aromatic carbocycles. The highest BCUT2D eigenvalue weighted by molar-refractivity contribution is 5.79. The van der Waals surface area contributed by atoms with Gasteiger partial charge in [0, 0.05) is 37.6 Å². The Labute approximate surface area is 148 Å². The summed E-state index contributed by atoms with van der Waals surface area (Å²) in [4.78, 5) is 31.1. The Balaban J connectivity index is 1.40. The number of aromatic nitrogens is 4. The second-order valence-corrected chi connectivity index (χ2v) is 7.31. The topological polar surface area (TPSA) is 74.8 Å². The van der Waals surface area contributed by atoms with Crippen LogP contribution in [0.4, 0.5) is 0 Å². The summed E-state index contributed by atoms with van der Waals surface area (Å²) in [5, 5.41) is 0. The number of nitrogens with zero attached hydrogens (tertiary/aromatic N) is 4. The largest absolute Gasteiger partial charge is 0.343 e. The van der Waals surface area contributed by atoms with Crippen molar-refractivity contribution < 1.29 is 4.79 Å². The molecule has 0 bridgehead atoms. The highest BCUT2D eigenvalue weighted by atomic mass is 16.2. The van der Waals surface area contributed by atoms with E-state index in [2.05, 4.69) is 19.9 Å².